The fourth-order valence-corrected chi connectivity index (χ4v) is 4.07. The Bertz CT molecular complexity index is 1090. The molecule has 7 heteroatoms. The first kappa shape index (κ1) is 21.6. The summed E-state index contributed by atoms with van der Waals surface area (Å²) in [5.74, 6) is 0.275. The maximum absolute atomic E-state index is 11.8. The third-order valence-corrected chi connectivity index (χ3v) is 5.02. The molecule has 0 bridgehead atoms. The second-order valence-corrected chi connectivity index (χ2v) is 9.35. The normalized spacial score (nSPS) is 12.2. The van der Waals surface area contributed by atoms with Gasteiger partial charge in [-0.05, 0) is 41.5 Å². The van der Waals surface area contributed by atoms with Gasteiger partial charge in [0.15, 0.2) is 0 Å². The lowest BCUT2D eigenvalue weighted by Gasteiger charge is -2.33. The van der Waals surface area contributed by atoms with Gasteiger partial charge >= 0.3 is 5.97 Å². The molecule has 0 radical (unpaired) electrons. The number of ether oxygens (including phenoxy) is 2. The molecule has 0 aliphatic carbocycles. The van der Waals surface area contributed by atoms with Gasteiger partial charge in [0.05, 0.1) is 19.8 Å². The van der Waals surface area contributed by atoms with Gasteiger partial charge in [0, 0.05) is 11.6 Å². The zero-order valence-electron chi connectivity index (χ0n) is 18.6. The predicted octanol–water partition coefficient (Wildman–Crippen LogP) is 4.64. The van der Waals surface area contributed by atoms with E-state index in [1.54, 1.807) is 31.4 Å². The second kappa shape index (κ2) is 7.63. The lowest BCUT2D eigenvalue weighted by atomic mass is 9.72. The van der Waals surface area contributed by atoms with Crippen LogP contribution >= 0.6 is 0 Å². The Morgan fingerprint density at radius 1 is 1.03 bits per heavy atom. The molecule has 0 aliphatic rings. The van der Waals surface area contributed by atoms with Crippen molar-refractivity contribution < 1.29 is 19.4 Å². The number of hydrogen-bond donors (Lipinski definition) is 1. The highest BCUT2D eigenvalue weighted by Crippen LogP contribution is 2.43. The number of phenols is 1. The van der Waals surface area contributed by atoms with Crippen molar-refractivity contribution in [2.24, 2.45) is 5.41 Å². The Morgan fingerprint density at radius 3 is 2.30 bits per heavy atom. The maximum Gasteiger partial charge on any atom is 0.337 e. The Hall–Kier alpha value is -3.09. The third kappa shape index (κ3) is 4.25. The SMILES string of the molecule is COC(=O)c1ccc2nn(-c3cc(OC)cc(C(C)(C)CC(C)(C)C)c3O)nc2c1. The number of aromatic hydroxyl groups is 1. The van der Waals surface area contributed by atoms with Crippen LogP contribution in [0.2, 0.25) is 0 Å². The number of rotatable bonds is 5. The van der Waals surface area contributed by atoms with Crippen LogP contribution in [-0.2, 0) is 10.2 Å². The number of nitrogens with zero attached hydrogens (tertiary/aromatic N) is 3. The van der Waals surface area contributed by atoms with Gasteiger partial charge in [-0.2, -0.15) is 0 Å². The van der Waals surface area contributed by atoms with E-state index in [1.807, 2.05) is 6.07 Å². The largest absolute Gasteiger partial charge is 0.505 e. The van der Waals surface area contributed by atoms with Crippen LogP contribution in [0.3, 0.4) is 0 Å². The highest BCUT2D eigenvalue weighted by Gasteiger charge is 2.31. The van der Waals surface area contributed by atoms with Crippen molar-refractivity contribution >= 4 is 17.0 Å². The van der Waals surface area contributed by atoms with Crippen molar-refractivity contribution in [1.29, 1.82) is 0 Å². The molecule has 2 aromatic carbocycles. The lowest BCUT2D eigenvalue weighted by molar-refractivity contribution is 0.0601. The van der Waals surface area contributed by atoms with Gasteiger partial charge in [-0.3, -0.25) is 0 Å². The first-order valence-electron chi connectivity index (χ1n) is 9.82. The monoisotopic (exact) mass is 411 g/mol. The molecule has 3 rings (SSSR count). The van der Waals surface area contributed by atoms with Gasteiger partial charge in [0.1, 0.15) is 28.2 Å². The number of carbonyl (C=O) groups excluding carboxylic acids is 1. The van der Waals surface area contributed by atoms with Crippen molar-refractivity contribution in [1.82, 2.24) is 15.0 Å². The van der Waals surface area contributed by atoms with Crippen molar-refractivity contribution in [2.75, 3.05) is 14.2 Å². The summed E-state index contributed by atoms with van der Waals surface area (Å²) in [5.41, 5.74) is 2.46. The number of fused-ring (bicyclic) bond motifs is 1. The molecular weight excluding hydrogens is 382 g/mol. The van der Waals surface area contributed by atoms with Crippen LogP contribution in [0.4, 0.5) is 0 Å². The summed E-state index contributed by atoms with van der Waals surface area (Å²) >= 11 is 0. The molecule has 1 heterocycles. The first-order valence-corrected chi connectivity index (χ1v) is 9.82. The number of aromatic nitrogens is 3. The summed E-state index contributed by atoms with van der Waals surface area (Å²) in [6, 6.07) is 8.52. The van der Waals surface area contributed by atoms with Crippen molar-refractivity contribution in [3.63, 3.8) is 0 Å². The molecule has 160 valence electrons. The number of carbonyl (C=O) groups is 1. The molecule has 7 nitrogen and oxygen atoms in total. The fraction of sp³-hybridized carbons (Fsp3) is 0.435. The highest BCUT2D eigenvalue weighted by molar-refractivity contribution is 5.93. The van der Waals surface area contributed by atoms with E-state index in [9.17, 15) is 9.90 Å². The minimum absolute atomic E-state index is 0.0715. The summed E-state index contributed by atoms with van der Waals surface area (Å²) in [4.78, 5) is 13.2. The van der Waals surface area contributed by atoms with E-state index in [4.69, 9.17) is 9.47 Å². The van der Waals surface area contributed by atoms with Crippen LogP contribution in [-0.4, -0.2) is 40.3 Å². The smallest absolute Gasteiger partial charge is 0.337 e. The summed E-state index contributed by atoms with van der Waals surface area (Å²) < 4.78 is 10.3. The Morgan fingerprint density at radius 2 is 1.70 bits per heavy atom. The number of methoxy groups -OCH3 is 2. The summed E-state index contributed by atoms with van der Waals surface area (Å²) in [7, 11) is 2.92. The van der Waals surface area contributed by atoms with E-state index in [0.717, 1.165) is 12.0 Å². The quantitative estimate of drug-likeness (QED) is 0.616. The molecule has 1 aromatic heterocycles. The molecule has 0 amide bonds. The fourth-order valence-electron chi connectivity index (χ4n) is 4.07. The van der Waals surface area contributed by atoms with Gasteiger partial charge in [0.2, 0.25) is 0 Å². The molecule has 0 fully saturated rings. The van der Waals surface area contributed by atoms with Gasteiger partial charge in [-0.15, -0.1) is 15.0 Å². The lowest BCUT2D eigenvalue weighted by Crippen LogP contribution is -2.25. The molecule has 0 spiro atoms. The average Bonchev–Trinajstić information content (AvgIpc) is 3.08. The molecule has 0 saturated heterocycles. The van der Waals surface area contributed by atoms with Crippen molar-refractivity contribution in [2.45, 2.75) is 46.5 Å². The van der Waals surface area contributed by atoms with E-state index in [0.29, 0.717) is 28.0 Å². The Balaban J connectivity index is 2.15. The maximum atomic E-state index is 11.8. The summed E-state index contributed by atoms with van der Waals surface area (Å²) in [5, 5.41) is 20.1. The van der Waals surface area contributed by atoms with E-state index in [1.165, 1.54) is 11.9 Å². The zero-order valence-corrected chi connectivity index (χ0v) is 18.6. The van der Waals surface area contributed by atoms with Crippen LogP contribution in [0.1, 0.15) is 57.0 Å². The Labute approximate surface area is 176 Å². The second-order valence-electron chi connectivity index (χ2n) is 9.35. The van der Waals surface area contributed by atoms with E-state index >= 15 is 0 Å². The van der Waals surface area contributed by atoms with E-state index in [2.05, 4.69) is 44.8 Å². The standard InChI is InChI=1S/C23H29N3O4/c1-22(2,3)13-23(4,5)16-11-15(29-6)12-19(20(16)27)26-24-17-9-8-14(21(28)30-7)10-18(17)25-26/h8-12,27H,13H2,1-7H3. The molecule has 3 aromatic rings. The number of phenolic OH excluding ortho intramolecular Hbond substituents is 1. The van der Waals surface area contributed by atoms with Crippen molar-refractivity contribution in [3.05, 3.63) is 41.5 Å². The topological polar surface area (TPSA) is 86.5 Å². The first-order chi connectivity index (χ1) is 13.9. The van der Waals surface area contributed by atoms with Gasteiger partial charge in [0.25, 0.3) is 0 Å². The van der Waals surface area contributed by atoms with Gasteiger partial charge in [-0.1, -0.05) is 34.6 Å². The summed E-state index contributed by atoms with van der Waals surface area (Å²) in [6.45, 7) is 10.7. The van der Waals surface area contributed by atoms with E-state index < -0.39 is 5.97 Å². The molecule has 0 unspecified atom stereocenters. The molecule has 0 saturated carbocycles. The minimum Gasteiger partial charge on any atom is -0.505 e. The van der Waals surface area contributed by atoms with Crippen LogP contribution in [0, 0.1) is 5.41 Å². The molecule has 0 aliphatic heterocycles. The predicted molar refractivity (Wildman–Crippen MR) is 116 cm³/mol. The molecule has 30 heavy (non-hydrogen) atoms. The van der Waals surface area contributed by atoms with Crippen LogP contribution in [0.15, 0.2) is 30.3 Å². The van der Waals surface area contributed by atoms with Gasteiger partial charge in [-0.25, -0.2) is 4.79 Å². The minimum atomic E-state index is -0.443. The third-order valence-electron chi connectivity index (χ3n) is 5.02. The van der Waals surface area contributed by atoms with Crippen LogP contribution in [0.25, 0.3) is 16.7 Å². The van der Waals surface area contributed by atoms with Crippen molar-refractivity contribution in [3.8, 4) is 17.2 Å². The average molecular weight is 412 g/mol. The molecule has 0 atom stereocenters. The zero-order chi connectivity index (χ0) is 22.3. The molecule has 1 N–H and O–H groups in total. The number of esters is 1. The van der Waals surface area contributed by atoms with Crippen LogP contribution < -0.4 is 4.74 Å². The van der Waals surface area contributed by atoms with E-state index in [-0.39, 0.29) is 16.6 Å². The van der Waals surface area contributed by atoms with Crippen LogP contribution in [0.5, 0.6) is 11.5 Å². The molecular formula is C23H29N3O4. The summed E-state index contributed by atoms with van der Waals surface area (Å²) in [6.07, 6.45) is 0.858. The number of hydrogen-bond acceptors (Lipinski definition) is 6. The number of benzene rings is 2. The Kier molecular flexibility index (Phi) is 5.50. The van der Waals surface area contributed by atoms with Gasteiger partial charge < -0.3 is 14.6 Å². The highest BCUT2D eigenvalue weighted by atomic mass is 16.5.